The number of esters is 1. The summed E-state index contributed by atoms with van der Waals surface area (Å²) in [5, 5.41) is 3.73. The van der Waals surface area contributed by atoms with E-state index in [0.29, 0.717) is 11.4 Å². The number of carbonyl (C=O) groups excluding carboxylic acids is 1. The summed E-state index contributed by atoms with van der Waals surface area (Å²) in [6.45, 7) is 5.77. The molecule has 3 atom stereocenters. The zero-order valence-corrected chi connectivity index (χ0v) is 11.7. The van der Waals surface area contributed by atoms with Crippen LogP contribution < -0.4 is 5.32 Å². The fourth-order valence-corrected chi connectivity index (χ4v) is 3.25. The first-order valence-corrected chi connectivity index (χ1v) is 7.28. The van der Waals surface area contributed by atoms with Crippen LogP contribution in [0.4, 0.5) is 0 Å². The first kappa shape index (κ1) is 14.8. The Kier molecular flexibility index (Phi) is 6.92. The Morgan fingerprint density at radius 2 is 2.41 bits per heavy atom. The predicted octanol–water partition coefficient (Wildman–Crippen LogP) is 1.44. The van der Waals surface area contributed by atoms with Gasteiger partial charge in [0, 0.05) is 11.9 Å². The van der Waals surface area contributed by atoms with Crippen molar-refractivity contribution < 1.29 is 14.3 Å². The molecule has 100 valence electrons. The van der Waals surface area contributed by atoms with E-state index in [1.165, 1.54) is 7.11 Å². The number of hydrogen-bond donors (Lipinski definition) is 1. The van der Waals surface area contributed by atoms with Crippen LogP contribution in [-0.2, 0) is 14.3 Å². The van der Waals surface area contributed by atoms with Crippen molar-refractivity contribution in [3.05, 3.63) is 0 Å². The van der Waals surface area contributed by atoms with E-state index < -0.39 is 0 Å². The molecule has 1 saturated heterocycles. The quantitative estimate of drug-likeness (QED) is 0.703. The predicted molar refractivity (Wildman–Crippen MR) is 70.4 cm³/mol. The van der Waals surface area contributed by atoms with E-state index in [4.69, 9.17) is 9.47 Å². The van der Waals surface area contributed by atoms with Crippen molar-refractivity contribution in [1.82, 2.24) is 5.32 Å². The van der Waals surface area contributed by atoms with Crippen molar-refractivity contribution in [2.75, 3.05) is 26.0 Å². The summed E-state index contributed by atoms with van der Waals surface area (Å²) in [6, 6.07) is -0.171. The highest BCUT2D eigenvalue weighted by Gasteiger charge is 2.25. The van der Waals surface area contributed by atoms with Crippen molar-refractivity contribution in [3.8, 4) is 0 Å². The van der Waals surface area contributed by atoms with E-state index in [0.717, 1.165) is 31.7 Å². The Morgan fingerprint density at radius 1 is 1.65 bits per heavy atom. The summed E-state index contributed by atoms with van der Waals surface area (Å²) in [5.41, 5.74) is 0. The van der Waals surface area contributed by atoms with E-state index in [1.54, 1.807) is 0 Å². The molecular weight excluding hydrogens is 238 g/mol. The van der Waals surface area contributed by atoms with E-state index in [1.807, 2.05) is 18.7 Å². The average Bonchev–Trinajstić information content (AvgIpc) is 2.73. The number of thioether (sulfide) groups is 1. The lowest BCUT2D eigenvalue weighted by molar-refractivity contribution is -0.143. The van der Waals surface area contributed by atoms with Gasteiger partial charge < -0.3 is 14.8 Å². The lowest BCUT2D eigenvalue weighted by Crippen LogP contribution is -2.38. The van der Waals surface area contributed by atoms with Gasteiger partial charge in [0.2, 0.25) is 0 Å². The van der Waals surface area contributed by atoms with Gasteiger partial charge >= 0.3 is 5.97 Å². The number of nitrogens with one attached hydrogen (secondary N) is 1. The van der Waals surface area contributed by atoms with Crippen molar-refractivity contribution in [1.29, 1.82) is 0 Å². The zero-order valence-electron chi connectivity index (χ0n) is 10.9. The summed E-state index contributed by atoms with van der Waals surface area (Å²) >= 11 is 1.90. The molecule has 1 aliphatic heterocycles. The number of hydrogen-bond acceptors (Lipinski definition) is 5. The summed E-state index contributed by atoms with van der Waals surface area (Å²) in [4.78, 5) is 11.5. The third-order valence-corrected chi connectivity index (χ3v) is 4.50. The molecule has 0 aromatic rings. The molecular formula is C12H23NO3S. The third kappa shape index (κ3) is 4.85. The summed E-state index contributed by atoms with van der Waals surface area (Å²) in [5.74, 6) is 0.800. The minimum absolute atomic E-state index is 0.164. The molecule has 0 aromatic heterocycles. The molecule has 0 radical (unpaired) electrons. The van der Waals surface area contributed by atoms with Crippen LogP contribution in [0.3, 0.4) is 0 Å². The van der Waals surface area contributed by atoms with Gasteiger partial charge in [0.25, 0.3) is 0 Å². The van der Waals surface area contributed by atoms with Crippen LogP contribution in [-0.4, -0.2) is 49.4 Å². The SMILES string of the molecule is CCNC(CCSC1CCOC1C)C(=O)OC. The molecule has 3 unspecified atom stereocenters. The average molecular weight is 261 g/mol. The molecule has 0 amide bonds. The maximum Gasteiger partial charge on any atom is 0.322 e. The molecule has 0 spiro atoms. The van der Waals surface area contributed by atoms with Crippen LogP contribution in [0, 0.1) is 0 Å². The normalized spacial score (nSPS) is 25.8. The monoisotopic (exact) mass is 261 g/mol. The van der Waals surface area contributed by atoms with Gasteiger partial charge in [-0.1, -0.05) is 6.92 Å². The van der Waals surface area contributed by atoms with Gasteiger partial charge in [-0.3, -0.25) is 4.79 Å². The highest BCUT2D eigenvalue weighted by atomic mass is 32.2. The Bertz CT molecular complexity index is 238. The van der Waals surface area contributed by atoms with Gasteiger partial charge in [-0.2, -0.15) is 11.8 Å². The van der Waals surface area contributed by atoms with Gasteiger partial charge in [0.1, 0.15) is 6.04 Å². The Hall–Kier alpha value is -0.260. The summed E-state index contributed by atoms with van der Waals surface area (Å²) < 4.78 is 10.3. The second-order valence-corrected chi connectivity index (χ2v) is 5.54. The second kappa shape index (κ2) is 7.95. The first-order valence-electron chi connectivity index (χ1n) is 6.23. The molecule has 4 nitrogen and oxygen atoms in total. The van der Waals surface area contributed by atoms with Crippen LogP contribution in [0.5, 0.6) is 0 Å². The topological polar surface area (TPSA) is 47.6 Å². The smallest absolute Gasteiger partial charge is 0.322 e. The fraction of sp³-hybridized carbons (Fsp3) is 0.917. The van der Waals surface area contributed by atoms with E-state index in [2.05, 4.69) is 12.2 Å². The largest absolute Gasteiger partial charge is 0.468 e. The number of ether oxygens (including phenoxy) is 2. The fourth-order valence-electron chi connectivity index (χ4n) is 1.96. The lowest BCUT2D eigenvalue weighted by atomic mass is 10.2. The van der Waals surface area contributed by atoms with Gasteiger partial charge in [-0.15, -0.1) is 0 Å². The van der Waals surface area contributed by atoms with Crippen LogP contribution in [0.25, 0.3) is 0 Å². The van der Waals surface area contributed by atoms with E-state index >= 15 is 0 Å². The molecule has 1 rings (SSSR count). The number of methoxy groups -OCH3 is 1. The molecule has 0 aliphatic carbocycles. The second-order valence-electron chi connectivity index (χ2n) is 4.20. The maximum absolute atomic E-state index is 11.5. The van der Waals surface area contributed by atoms with Gasteiger partial charge in [-0.25, -0.2) is 0 Å². The lowest BCUT2D eigenvalue weighted by Gasteiger charge is -2.17. The molecule has 17 heavy (non-hydrogen) atoms. The molecule has 0 bridgehead atoms. The van der Waals surface area contributed by atoms with Crippen molar-refractivity contribution in [2.45, 2.75) is 44.1 Å². The van der Waals surface area contributed by atoms with E-state index in [-0.39, 0.29) is 12.0 Å². The third-order valence-electron chi connectivity index (χ3n) is 2.98. The van der Waals surface area contributed by atoms with E-state index in [9.17, 15) is 4.79 Å². The van der Waals surface area contributed by atoms with Gasteiger partial charge in [0.05, 0.1) is 13.2 Å². The van der Waals surface area contributed by atoms with Crippen LogP contribution in [0.2, 0.25) is 0 Å². The molecule has 0 saturated carbocycles. The van der Waals surface area contributed by atoms with Gasteiger partial charge in [-0.05, 0) is 32.1 Å². The highest BCUT2D eigenvalue weighted by molar-refractivity contribution is 7.99. The molecule has 0 aromatic carbocycles. The number of likely N-dealkylation sites (N-methyl/N-ethyl adjacent to an activating group) is 1. The molecule has 1 heterocycles. The minimum atomic E-state index is -0.171. The Labute approximate surface area is 108 Å². The summed E-state index contributed by atoms with van der Waals surface area (Å²) in [6.07, 6.45) is 2.28. The first-order chi connectivity index (χ1) is 8.19. The maximum atomic E-state index is 11.5. The minimum Gasteiger partial charge on any atom is -0.468 e. The van der Waals surface area contributed by atoms with Crippen molar-refractivity contribution >= 4 is 17.7 Å². The Balaban J connectivity index is 2.24. The van der Waals surface area contributed by atoms with Crippen LogP contribution in [0.1, 0.15) is 26.7 Å². The summed E-state index contributed by atoms with van der Waals surface area (Å²) in [7, 11) is 1.44. The van der Waals surface area contributed by atoms with Crippen molar-refractivity contribution in [3.63, 3.8) is 0 Å². The highest BCUT2D eigenvalue weighted by Crippen LogP contribution is 2.26. The number of rotatable bonds is 7. The molecule has 1 aliphatic rings. The molecule has 5 heteroatoms. The molecule has 1 fully saturated rings. The zero-order chi connectivity index (χ0) is 12.7. The number of carbonyl (C=O) groups is 1. The standard InChI is InChI=1S/C12H23NO3S/c1-4-13-10(12(14)15-3)6-8-17-11-5-7-16-9(11)2/h9-11,13H,4-8H2,1-3H3. The van der Waals surface area contributed by atoms with Crippen molar-refractivity contribution in [2.24, 2.45) is 0 Å². The van der Waals surface area contributed by atoms with Crippen LogP contribution in [0.15, 0.2) is 0 Å². The van der Waals surface area contributed by atoms with Crippen LogP contribution >= 0.6 is 11.8 Å². The van der Waals surface area contributed by atoms with Gasteiger partial charge in [0.15, 0.2) is 0 Å². The molecule has 1 N–H and O–H groups in total. The Morgan fingerprint density at radius 3 is 2.94 bits per heavy atom.